The van der Waals surface area contributed by atoms with E-state index in [1.54, 1.807) is 11.8 Å². The third-order valence-electron chi connectivity index (χ3n) is 3.38. The molecular formula is C17H14N2OS2. The zero-order valence-electron chi connectivity index (χ0n) is 11.9. The van der Waals surface area contributed by atoms with Crippen LogP contribution in [0.25, 0.3) is 22.4 Å². The summed E-state index contributed by atoms with van der Waals surface area (Å²) in [5, 5.41) is 0. The molecular weight excluding hydrogens is 312 g/mol. The predicted molar refractivity (Wildman–Crippen MR) is 94.9 cm³/mol. The smallest absolute Gasteiger partial charge is 0.260 e. The minimum atomic E-state index is -0.181. The Labute approximate surface area is 137 Å². The Morgan fingerprint density at radius 1 is 0.909 bits per heavy atom. The summed E-state index contributed by atoms with van der Waals surface area (Å²) in [4.78, 5) is 19.4. The van der Waals surface area contributed by atoms with Crippen LogP contribution in [0.15, 0.2) is 64.3 Å². The third-order valence-corrected chi connectivity index (χ3v) is 4.33. The first-order chi connectivity index (χ1) is 10.7. The first kappa shape index (κ1) is 14.8. The monoisotopic (exact) mass is 326 g/mol. The Balaban J connectivity index is 2.26. The number of hydrogen-bond donors (Lipinski definition) is 2. The first-order valence-electron chi connectivity index (χ1n) is 6.75. The fraction of sp³-hybridized carbons (Fsp3) is 0.0588. The lowest BCUT2D eigenvalue weighted by molar-refractivity contribution is 1.10. The minimum Gasteiger partial charge on any atom is -0.331 e. The van der Waals surface area contributed by atoms with Crippen LogP contribution >= 0.6 is 24.0 Å². The number of aromatic nitrogens is 2. The van der Waals surface area contributed by atoms with Crippen molar-refractivity contribution < 1.29 is 0 Å². The molecule has 2 N–H and O–H groups in total. The van der Waals surface area contributed by atoms with Gasteiger partial charge in [-0.05, 0) is 41.7 Å². The average molecular weight is 326 g/mol. The molecule has 0 atom stereocenters. The van der Waals surface area contributed by atoms with Crippen molar-refractivity contribution in [1.29, 1.82) is 0 Å². The second-order valence-electron chi connectivity index (χ2n) is 4.75. The molecule has 0 unspecified atom stereocenters. The number of aromatic amines is 2. The van der Waals surface area contributed by atoms with Crippen molar-refractivity contribution in [3.05, 3.63) is 69.7 Å². The topological polar surface area (TPSA) is 48.6 Å². The van der Waals surface area contributed by atoms with Crippen molar-refractivity contribution in [2.24, 2.45) is 0 Å². The number of thioether (sulfide) groups is 1. The van der Waals surface area contributed by atoms with E-state index in [2.05, 4.69) is 9.97 Å². The van der Waals surface area contributed by atoms with Gasteiger partial charge in [0.25, 0.3) is 5.56 Å². The van der Waals surface area contributed by atoms with E-state index in [1.165, 1.54) is 0 Å². The van der Waals surface area contributed by atoms with Gasteiger partial charge < -0.3 is 4.98 Å². The van der Waals surface area contributed by atoms with E-state index in [-0.39, 0.29) is 5.56 Å². The SMILES string of the molecule is CSc1ccc(-c2c(-c3ccccc3)[nH]c(=S)[nH]c2=O)cc1. The number of H-pyrrole nitrogens is 2. The largest absolute Gasteiger partial charge is 0.331 e. The van der Waals surface area contributed by atoms with Crippen molar-refractivity contribution >= 4 is 24.0 Å². The van der Waals surface area contributed by atoms with Crippen LogP contribution in [0.2, 0.25) is 0 Å². The van der Waals surface area contributed by atoms with Crippen LogP contribution in [-0.2, 0) is 0 Å². The number of nitrogens with one attached hydrogen (secondary N) is 2. The maximum absolute atomic E-state index is 12.4. The van der Waals surface area contributed by atoms with Gasteiger partial charge >= 0.3 is 0 Å². The average Bonchev–Trinajstić information content (AvgIpc) is 2.55. The van der Waals surface area contributed by atoms with Gasteiger partial charge in [0.2, 0.25) is 0 Å². The van der Waals surface area contributed by atoms with E-state index in [1.807, 2.05) is 60.9 Å². The van der Waals surface area contributed by atoms with E-state index < -0.39 is 0 Å². The summed E-state index contributed by atoms with van der Waals surface area (Å²) >= 11 is 6.79. The molecule has 22 heavy (non-hydrogen) atoms. The molecule has 0 fully saturated rings. The van der Waals surface area contributed by atoms with Gasteiger partial charge in [-0.3, -0.25) is 9.78 Å². The Morgan fingerprint density at radius 3 is 2.23 bits per heavy atom. The summed E-state index contributed by atoms with van der Waals surface area (Å²) in [6.07, 6.45) is 2.02. The van der Waals surface area contributed by atoms with E-state index in [0.29, 0.717) is 10.3 Å². The predicted octanol–water partition coefficient (Wildman–Crippen LogP) is 4.49. The second-order valence-corrected chi connectivity index (χ2v) is 6.04. The van der Waals surface area contributed by atoms with Crippen LogP contribution in [-0.4, -0.2) is 16.2 Å². The number of hydrogen-bond acceptors (Lipinski definition) is 3. The highest BCUT2D eigenvalue weighted by Crippen LogP contribution is 2.28. The Morgan fingerprint density at radius 2 is 1.59 bits per heavy atom. The van der Waals surface area contributed by atoms with Crippen molar-refractivity contribution in [3.63, 3.8) is 0 Å². The van der Waals surface area contributed by atoms with Gasteiger partial charge in [-0.15, -0.1) is 11.8 Å². The molecule has 0 aliphatic rings. The molecule has 3 aromatic rings. The summed E-state index contributed by atoms with van der Waals surface area (Å²) in [5.41, 5.74) is 2.96. The zero-order chi connectivity index (χ0) is 15.5. The lowest BCUT2D eigenvalue weighted by Gasteiger charge is -2.09. The van der Waals surface area contributed by atoms with Crippen LogP contribution < -0.4 is 5.56 Å². The quantitative estimate of drug-likeness (QED) is 0.551. The highest BCUT2D eigenvalue weighted by Gasteiger charge is 2.12. The number of rotatable bonds is 3. The fourth-order valence-electron chi connectivity index (χ4n) is 2.34. The molecule has 2 aromatic carbocycles. The van der Waals surface area contributed by atoms with Crippen molar-refractivity contribution in [2.45, 2.75) is 4.90 Å². The van der Waals surface area contributed by atoms with Crippen LogP contribution in [0, 0.1) is 4.77 Å². The molecule has 110 valence electrons. The Bertz CT molecular complexity index is 896. The van der Waals surface area contributed by atoms with Gasteiger partial charge in [0.05, 0.1) is 11.3 Å². The normalized spacial score (nSPS) is 10.6. The van der Waals surface area contributed by atoms with Crippen molar-refractivity contribution in [1.82, 2.24) is 9.97 Å². The summed E-state index contributed by atoms with van der Waals surface area (Å²) in [7, 11) is 0. The maximum atomic E-state index is 12.4. The van der Waals surface area contributed by atoms with E-state index >= 15 is 0 Å². The summed E-state index contributed by atoms with van der Waals surface area (Å²) in [6, 6.07) is 17.7. The molecule has 0 bridgehead atoms. The van der Waals surface area contributed by atoms with E-state index in [4.69, 9.17) is 12.2 Å². The van der Waals surface area contributed by atoms with E-state index in [0.717, 1.165) is 21.7 Å². The minimum absolute atomic E-state index is 0.181. The maximum Gasteiger partial charge on any atom is 0.260 e. The number of benzene rings is 2. The molecule has 5 heteroatoms. The molecule has 3 nitrogen and oxygen atoms in total. The second kappa shape index (κ2) is 6.34. The summed E-state index contributed by atoms with van der Waals surface area (Å²) in [5.74, 6) is 0. The highest BCUT2D eigenvalue weighted by molar-refractivity contribution is 7.98. The molecule has 1 heterocycles. The van der Waals surface area contributed by atoms with Crippen LogP contribution in [0.4, 0.5) is 0 Å². The van der Waals surface area contributed by atoms with Crippen LogP contribution in [0.1, 0.15) is 0 Å². The summed E-state index contributed by atoms with van der Waals surface area (Å²) in [6.45, 7) is 0. The van der Waals surface area contributed by atoms with Crippen LogP contribution in [0.5, 0.6) is 0 Å². The standard InChI is InChI=1S/C17H14N2OS2/c1-22-13-9-7-11(8-10-13)14-15(12-5-3-2-4-6-12)18-17(21)19-16(14)20/h2-10H,1H3,(H2,18,19,20,21). The Kier molecular flexibility index (Phi) is 4.27. The van der Waals surface area contributed by atoms with Gasteiger partial charge in [-0.2, -0.15) is 0 Å². The lowest BCUT2D eigenvalue weighted by Crippen LogP contribution is -2.12. The molecule has 0 amide bonds. The van der Waals surface area contributed by atoms with Gasteiger partial charge in [0, 0.05) is 4.90 Å². The van der Waals surface area contributed by atoms with Crippen molar-refractivity contribution in [2.75, 3.05) is 6.26 Å². The fourth-order valence-corrected chi connectivity index (χ4v) is 2.94. The van der Waals surface area contributed by atoms with Gasteiger partial charge in [-0.1, -0.05) is 42.5 Å². The van der Waals surface area contributed by atoms with Crippen LogP contribution in [0.3, 0.4) is 0 Å². The van der Waals surface area contributed by atoms with E-state index in [9.17, 15) is 4.79 Å². The third kappa shape index (κ3) is 2.91. The van der Waals surface area contributed by atoms with Gasteiger partial charge in [0.1, 0.15) is 0 Å². The molecule has 0 aliphatic heterocycles. The molecule has 0 aliphatic carbocycles. The molecule has 0 spiro atoms. The molecule has 0 radical (unpaired) electrons. The first-order valence-corrected chi connectivity index (χ1v) is 8.39. The lowest BCUT2D eigenvalue weighted by atomic mass is 10.0. The molecule has 1 aromatic heterocycles. The zero-order valence-corrected chi connectivity index (χ0v) is 13.6. The molecule has 3 rings (SSSR count). The van der Waals surface area contributed by atoms with Crippen molar-refractivity contribution in [3.8, 4) is 22.4 Å². The summed E-state index contributed by atoms with van der Waals surface area (Å²) < 4.78 is 0.327. The van der Waals surface area contributed by atoms with Gasteiger partial charge in [-0.25, -0.2) is 0 Å². The highest BCUT2D eigenvalue weighted by atomic mass is 32.2. The molecule has 0 saturated heterocycles. The van der Waals surface area contributed by atoms with Gasteiger partial charge in [0.15, 0.2) is 4.77 Å². The Hall–Kier alpha value is -2.11. The molecule has 0 saturated carbocycles.